The summed E-state index contributed by atoms with van der Waals surface area (Å²) in [5, 5.41) is 26.3. The number of hydrogen-bond donors (Lipinski definition) is 9. The molecule has 43 heavy (non-hydrogen) atoms. The van der Waals surface area contributed by atoms with Crippen LogP contribution in [-0.2, 0) is 17.6 Å². The first-order chi connectivity index (χ1) is 20.6. The number of nitrogens with two attached hydrogens (primary N) is 5. The second-order valence-electron chi connectivity index (χ2n) is 10.6. The topological polar surface area (TPSA) is 229 Å². The van der Waals surface area contributed by atoms with Crippen molar-refractivity contribution in [2.24, 2.45) is 34.6 Å². The van der Waals surface area contributed by atoms with E-state index in [0.717, 1.165) is 54.3 Å². The van der Waals surface area contributed by atoms with Gasteiger partial charge in [0.05, 0.1) is 32.3 Å². The van der Waals surface area contributed by atoms with Crippen LogP contribution >= 0.6 is 23.4 Å². The van der Waals surface area contributed by atoms with Gasteiger partial charge in [0.1, 0.15) is 0 Å². The maximum Gasteiger partial charge on any atom is 0.0921 e. The smallest absolute Gasteiger partial charge is 0.0921 e. The molecule has 1 aromatic heterocycles. The number of aliphatic hydroxyl groups excluding tert-OH is 3. The molecule has 0 aliphatic carbocycles. The summed E-state index contributed by atoms with van der Waals surface area (Å²) in [6.45, 7) is 6.72. The number of thioether (sulfide) groups is 1. The van der Waals surface area contributed by atoms with Gasteiger partial charge in [-0.1, -0.05) is 37.6 Å². The third-order valence-corrected chi connectivity index (χ3v) is 6.73. The Bertz CT molecular complexity index is 817. The largest absolute Gasteiger partial charge is 0.395 e. The standard InChI is InChI=1S/C9H12ClNO.C6H15NO.C5H9N3.C5H13NOS.C5H11NO/c10-8-3-1-7(2-4-8)5-9(11)6-12;1-5(2)3-6(7)4-8;6-2-1-5-3-7-4-8-5;1-8-3-2-5(6)4-7;6-4-5-2-1-3-7-5/h1-4,9,12H,5-6,11H2;5-6,8H,3-4,7H2,1-2H3;3-4H,1-2,6H2,(H,7,8);5,7H,2-4,6H2,1H3;5H,1-4,6H2/t9-;6-;;5-;/m01.0./s1. The highest BCUT2D eigenvalue weighted by molar-refractivity contribution is 7.98. The fourth-order valence-corrected chi connectivity index (χ4v) is 4.10. The minimum absolute atomic E-state index is 0.0116. The van der Waals surface area contributed by atoms with Gasteiger partial charge in [-0.2, -0.15) is 11.8 Å². The molecule has 0 spiro atoms. The Kier molecular flexibility index (Phi) is 31.3. The molecule has 2 heterocycles. The summed E-state index contributed by atoms with van der Waals surface area (Å²) in [5.41, 5.74) is 29.2. The maximum atomic E-state index is 8.70. The molecule has 11 nitrogen and oxygen atoms in total. The summed E-state index contributed by atoms with van der Waals surface area (Å²) in [6.07, 6.45) is 11.6. The van der Waals surface area contributed by atoms with Crippen LogP contribution in [0, 0.1) is 5.92 Å². The van der Waals surface area contributed by atoms with Gasteiger partial charge in [0.2, 0.25) is 0 Å². The molecule has 1 aliphatic rings. The number of ether oxygens (including phenoxy) is 1. The van der Waals surface area contributed by atoms with E-state index in [1.807, 2.05) is 30.5 Å². The lowest BCUT2D eigenvalue weighted by Gasteiger charge is -2.09. The van der Waals surface area contributed by atoms with Gasteiger partial charge in [0, 0.05) is 54.6 Å². The average Bonchev–Trinajstić information content (AvgIpc) is 3.73. The number of rotatable bonds is 13. The van der Waals surface area contributed by atoms with Crippen molar-refractivity contribution in [2.45, 2.75) is 76.6 Å². The lowest BCUT2D eigenvalue weighted by Crippen LogP contribution is -2.26. The van der Waals surface area contributed by atoms with E-state index in [4.69, 9.17) is 60.3 Å². The molecule has 0 saturated carbocycles. The summed E-state index contributed by atoms with van der Waals surface area (Å²) in [6, 6.07) is 7.26. The third kappa shape index (κ3) is 29.2. The molecule has 1 aliphatic heterocycles. The highest BCUT2D eigenvalue weighted by Crippen LogP contribution is 2.10. The van der Waals surface area contributed by atoms with Gasteiger partial charge in [-0.3, -0.25) is 0 Å². The van der Waals surface area contributed by atoms with E-state index >= 15 is 0 Å². The summed E-state index contributed by atoms with van der Waals surface area (Å²) in [5.74, 6) is 1.64. The lowest BCUT2D eigenvalue weighted by atomic mass is 10.1. The van der Waals surface area contributed by atoms with E-state index in [-0.39, 0.29) is 37.9 Å². The zero-order valence-corrected chi connectivity index (χ0v) is 28.0. The minimum Gasteiger partial charge on any atom is -0.395 e. The molecule has 14 N–H and O–H groups in total. The van der Waals surface area contributed by atoms with Crippen LogP contribution in [0.2, 0.25) is 5.02 Å². The number of imidazole rings is 1. The van der Waals surface area contributed by atoms with Crippen LogP contribution in [0.5, 0.6) is 0 Å². The van der Waals surface area contributed by atoms with E-state index in [9.17, 15) is 0 Å². The van der Waals surface area contributed by atoms with Crippen molar-refractivity contribution in [1.29, 1.82) is 0 Å². The number of aliphatic hydroxyl groups is 3. The van der Waals surface area contributed by atoms with Crippen molar-refractivity contribution >= 4 is 23.4 Å². The van der Waals surface area contributed by atoms with Gasteiger partial charge >= 0.3 is 0 Å². The van der Waals surface area contributed by atoms with Crippen LogP contribution in [0.25, 0.3) is 0 Å². The van der Waals surface area contributed by atoms with Gasteiger partial charge in [0.15, 0.2) is 0 Å². The number of nitrogens with one attached hydrogen (secondary N) is 1. The molecular weight excluding hydrogens is 590 g/mol. The number of aromatic amines is 1. The van der Waals surface area contributed by atoms with Gasteiger partial charge in [0.25, 0.3) is 0 Å². The Balaban J connectivity index is 0. The molecule has 1 unspecified atom stereocenters. The van der Waals surface area contributed by atoms with Crippen LogP contribution in [0.3, 0.4) is 0 Å². The Morgan fingerprint density at radius 1 is 1.02 bits per heavy atom. The van der Waals surface area contributed by atoms with Crippen LogP contribution in [-0.4, -0.2) is 101 Å². The summed E-state index contributed by atoms with van der Waals surface area (Å²) in [4.78, 5) is 6.78. The second kappa shape index (κ2) is 30.7. The van der Waals surface area contributed by atoms with E-state index in [1.54, 1.807) is 24.3 Å². The molecule has 4 atom stereocenters. The van der Waals surface area contributed by atoms with E-state index in [2.05, 4.69) is 23.8 Å². The van der Waals surface area contributed by atoms with Crippen LogP contribution in [0.4, 0.5) is 0 Å². The van der Waals surface area contributed by atoms with Crippen molar-refractivity contribution in [3.8, 4) is 0 Å². The van der Waals surface area contributed by atoms with Crippen molar-refractivity contribution in [3.63, 3.8) is 0 Å². The Morgan fingerprint density at radius 2 is 1.65 bits per heavy atom. The molecule has 2 aromatic rings. The third-order valence-electron chi connectivity index (χ3n) is 5.84. The second-order valence-corrected chi connectivity index (χ2v) is 12.0. The molecule has 0 amide bonds. The molecular formula is C30H60ClN7O4S. The van der Waals surface area contributed by atoms with Crippen LogP contribution in [0.15, 0.2) is 36.8 Å². The van der Waals surface area contributed by atoms with Crippen LogP contribution < -0.4 is 28.7 Å². The molecule has 1 saturated heterocycles. The zero-order chi connectivity index (χ0) is 32.9. The quantitative estimate of drug-likeness (QED) is 0.151. The number of halogens is 1. The van der Waals surface area contributed by atoms with Gasteiger partial charge in [-0.25, -0.2) is 4.98 Å². The highest BCUT2D eigenvalue weighted by atomic mass is 35.5. The first-order valence-electron chi connectivity index (χ1n) is 14.9. The van der Waals surface area contributed by atoms with E-state index < -0.39 is 0 Å². The monoisotopic (exact) mass is 649 g/mol. The van der Waals surface area contributed by atoms with Crippen LogP contribution in [0.1, 0.15) is 50.8 Å². The number of benzene rings is 1. The number of H-pyrrole nitrogens is 1. The van der Waals surface area contributed by atoms with Gasteiger partial charge < -0.3 is 53.7 Å². The first kappa shape index (κ1) is 43.8. The maximum absolute atomic E-state index is 8.70. The zero-order valence-electron chi connectivity index (χ0n) is 26.4. The highest BCUT2D eigenvalue weighted by Gasteiger charge is 2.11. The van der Waals surface area contributed by atoms with Crippen molar-refractivity contribution < 1.29 is 20.1 Å². The fourth-order valence-electron chi connectivity index (χ4n) is 3.44. The molecule has 1 aromatic carbocycles. The summed E-state index contributed by atoms with van der Waals surface area (Å²) >= 11 is 7.46. The Morgan fingerprint density at radius 3 is 2.02 bits per heavy atom. The molecule has 0 radical (unpaired) electrons. The van der Waals surface area contributed by atoms with Crippen molar-refractivity contribution in [2.75, 3.05) is 51.5 Å². The predicted molar refractivity (Wildman–Crippen MR) is 182 cm³/mol. The van der Waals surface area contributed by atoms with E-state index in [1.165, 1.54) is 6.42 Å². The molecule has 1 fully saturated rings. The fraction of sp³-hybridized carbons (Fsp3) is 0.700. The molecule has 13 heteroatoms. The number of aromatic nitrogens is 2. The van der Waals surface area contributed by atoms with Crippen molar-refractivity contribution in [1.82, 2.24) is 9.97 Å². The number of hydrogen-bond acceptors (Lipinski definition) is 11. The van der Waals surface area contributed by atoms with Gasteiger partial charge in [-0.15, -0.1) is 0 Å². The normalized spacial score (nSPS) is 15.8. The van der Waals surface area contributed by atoms with Crippen molar-refractivity contribution in [3.05, 3.63) is 53.1 Å². The Hall–Kier alpha value is -1.29. The molecule has 3 rings (SSSR count). The Labute approximate surface area is 268 Å². The predicted octanol–water partition coefficient (Wildman–Crippen LogP) is 1.65. The lowest BCUT2D eigenvalue weighted by molar-refractivity contribution is 0.117. The van der Waals surface area contributed by atoms with Gasteiger partial charge in [-0.05, 0) is 74.3 Å². The van der Waals surface area contributed by atoms with E-state index in [0.29, 0.717) is 31.5 Å². The first-order valence-corrected chi connectivity index (χ1v) is 16.6. The average molecular weight is 650 g/mol. The summed E-state index contributed by atoms with van der Waals surface area (Å²) in [7, 11) is 0. The summed E-state index contributed by atoms with van der Waals surface area (Å²) < 4.78 is 5.18. The SMILES string of the molecule is CC(C)C[C@@H](N)CO.CSCC[C@H](N)CO.NCC1CCCO1.NCCc1cnc[nH]1.N[C@H](CO)Cc1ccc(Cl)cc1. The minimum atomic E-state index is -0.175. The number of nitrogens with zero attached hydrogens (tertiary/aromatic N) is 1. The molecule has 252 valence electrons. The molecule has 0 bridgehead atoms.